The number of amides is 1. The first-order valence-electron chi connectivity index (χ1n) is 6.54. The van der Waals surface area contributed by atoms with Gasteiger partial charge in [0.2, 0.25) is 0 Å². The quantitative estimate of drug-likeness (QED) is 0.855. The monoisotopic (exact) mass is 298 g/mol. The summed E-state index contributed by atoms with van der Waals surface area (Å²) in [6.07, 6.45) is 1.66. The molecular formula is C13H18N2O4S. The number of thioether (sulfide) groups is 1. The van der Waals surface area contributed by atoms with Gasteiger partial charge in [0.25, 0.3) is 5.91 Å². The number of carboxylic acid groups (broad SMARTS) is 1. The highest BCUT2D eigenvalue weighted by molar-refractivity contribution is 8.00. The fraction of sp³-hybridized carbons (Fsp3) is 0.538. The summed E-state index contributed by atoms with van der Waals surface area (Å²) in [6.45, 7) is 2.22. The first-order valence-corrected chi connectivity index (χ1v) is 7.59. The second-order valence-corrected chi connectivity index (χ2v) is 5.82. The minimum Gasteiger partial charge on any atom is -0.480 e. The van der Waals surface area contributed by atoms with E-state index in [9.17, 15) is 14.7 Å². The molecule has 0 aromatic carbocycles. The Morgan fingerprint density at radius 3 is 2.85 bits per heavy atom. The van der Waals surface area contributed by atoms with Crippen LogP contribution in [0.4, 0.5) is 0 Å². The van der Waals surface area contributed by atoms with Gasteiger partial charge in [0.15, 0.2) is 5.76 Å². The number of hydrogen-bond donors (Lipinski definition) is 2. The molecule has 2 rings (SSSR count). The Morgan fingerprint density at radius 2 is 2.30 bits per heavy atom. The third-order valence-electron chi connectivity index (χ3n) is 3.22. The lowest BCUT2D eigenvalue weighted by Crippen LogP contribution is -2.45. The minimum atomic E-state index is -0.977. The van der Waals surface area contributed by atoms with Crippen LogP contribution in [0.2, 0.25) is 0 Å². The van der Waals surface area contributed by atoms with Crippen LogP contribution in [-0.2, 0) is 11.3 Å². The smallest absolute Gasteiger partial charge is 0.327 e. The Hall–Kier alpha value is -1.47. The van der Waals surface area contributed by atoms with E-state index in [0.717, 1.165) is 12.8 Å². The van der Waals surface area contributed by atoms with Crippen LogP contribution in [0.25, 0.3) is 0 Å². The van der Waals surface area contributed by atoms with Gasteiger partial charge in [-0.3, -0.25) is 4.79 Å². The summed E-state index contributed by atoms with van der Waals surface area (Å²) in [5.41, 5.74) is 5.45. The van der Waals surface area contributed by atoms with Gasteiger partial charge in [-0.2, -0.15) is 0 Å². The number of carbonyl (C=O) groups is 2. The molecule has 1 aromatic heterocycles. The highest BCUT2D eigenvalue weighted by Gasteiger charge is 2.42. The lowest BCUT2D eigenvalue weighted by atomic mass is 10.2. The van der Waals surface area contributed by atoms with Crippen molar-refractivity contribution in [2.45, 2.75) is 37.7 Å². The molecule has 0 bridgehead atoms. The molecule has 1 amide bonds. The van der Waals surface area contributed by atoms with Crippen LogP contribution in [0.1, 0.15) is 36.1 Å². The summed E-state index contributed by atoms with van der Waals surface area (Å²) in [4.78, 5) is 25.2. The molecule has 1 saturated heterocycles. The van der Waals surface area contributed by atoms with Gasteiger partial charge in [0, 0.05) is 5.75 Å². The molecule has 6 nitrogen and oxygen atoms in total. The highest BCUT2D eigenvalue weighted by atomic mass is 32.2. The number of rotatable bonds is 5. The molecule has 1 aliphatic heterocycles. The molecule has 0 spiro atoms. The summed E-state index contributed by atoms with van der Waals surface area (Å²) in [6, 6.07) is 2.40. The summed E-state index contributed by atoms with van der Waals surface area (Å²) < 4.78 is 5.34. The van der Waals surface area contributed by atoms with Crippen LogP contribution in [0.5, 0.6) is 0 Å². The van der Waals surface area contributed by atoms with Gasteiger partial charge in [-0.1, -0.05) is 13.3 Å². The molecule has 1 aliphatic rings. The van der Waals surface area contributed by atoms with Gasteiger partial charge in [-0.05, 0) is 18.6 Å². The third kappa shape index (κ3) is 2.83. The van der Waals surface area contributed by atoms with Crippen molar-refractivity contribution in [3.63, 3.8) is 0 Å². The molecule has 1 fully saturated rings. The van der Waals surface area contributed by atoms with E-state index in [4.69, 9.17) is 10.2 Å². The van der Waals surface area contributed by atoms with E-state index >= 15 is 0 Å². The molecule has 110 valence electrons. The van der Waals surface area contributed by atoms with Crippen molar-refractivity contribution >= 4 is 23.6 Å². The number of carboxylic acids is 1. The van der Waals surface area contributed by atoms with E-state index in [1.807, 2.05) is 6.92 Å². The van der Waals surface area contributed by atoms with Crippen molar-refractivity contribution in [3.8, 4) is 0 Å². The van der Waals surface area contributed by atoms with Gasteiger partial charge in [-0.15, -0.1) is 11.8 Å². The summed E-state index contributed by atoms with van der Waals surface area (Å²) in [7, 11) is 0. The average molecular weight is 298 g/mol. The van der Waals surface area contributed by atoms with Gasteiger partial charge in [-0.25, -0.2) is 4.79 Å². The highest BCUT2D eigenvalue weighted by Crippen LogP contribution is 2.33. The van der Waals surface area contributed by atoms with Crippen LogP contribution < -0.4 is 5.73 Å². The maximum Gasteiger partial charge on any atom is 0.327 e. The molecule has 2 heterocycles. The van der Waals surface area contributed by atoms with Crippen LogP contribution in [0.15, 0.2) is 16.5 Å². The maximum atomic E-state index is 12.5. The standard InChI is InChI=1S/C13H18N2O4S/c1-2-3-11-15(9(7-20-11)13(17)18)12(16)10-5-4-8(6-14)19-10/h4-5,9,11H,2-3,6-7,14H2,1H3,(H,17,18). The number of nitrogens with zero attached hydrogens (tertiary/aromatic N) is 1. The van der Waals surface area contributed by atoms with Gasteiger partial charge < -0.3 is 20.2 Å². The maximum absolute atomic E-state index is 12.5. The van der Waals surface area contributed by atoms with Crippen molar-refractivity contribution in [3.05, 3.63) is 23.7 Å². The van der Waals surface area contributed by atoms with Gasteiger partial charge in [0.1, 0.15) is 11.8 Å². The van der Waals surface area contributed by atoms with Crippen LogP contribution in [0, 0.1) is 0 Å². The Labute approximate surface area is 121 Å². The zero-order valence-electron chi connectivity index (χ0n) is 11.2. The van der Waals surface area contributed by atoms with Crippen molar-refractivity contribution in [1.82, 2.24) is 4.90 Å². The molecule has 7 heteroatoms. The average Bonchev–Trinajstić information content (AvgIpc) is 3.04. The molecule has 0 aliphatic carbocycles. The molecule has 1 aromatic rings. The van der Waals surface area contributed by atoms with E-state index in [-0.39, 0.29) is 23.6 Å². The Morgan fingerprint density at radius 1 is 1.55 bits per heavy atom. The largest absolute Gasteiger partial charge is 0.480 e. The molecule has 2 atom stereocenters. The summed E-state index contributed by atoms with van der Waals surface area (Å²) in [5, 5.41) is 9.15. The lowest BCUT2D eigenvalue weighted by molar-refractivity contribution is -0.141. The molecule has 20 heavy (non-hydrogen) atoms. The number of furan rings is 1. The van der Waals surface area contributed by atoms with Crippen LogP contribution in [-0.4, -0.2) is 39.1 Å². The number of nitrogens with two attached hydrogens (primary N) is 1. The first kappa shape index (κ1) is 14.9. The minimum absolute atomic E-state index is 0.111. The number of carbonyl (C=O) groups excluding carboxylic acids is 1. The number of aliphatic carboxylic acids is 1. The topological polar surface area (TPSA) is 96.8 Å². The van der Waals surface area contributed by atoms with Crippen LogP contribution >= 0.6 is 11.8 Å². The number of hydrogen-bond acceptors (Lipinski definition) is 5. The third-order valence-corrected chi connectivity index (χ3v) is 4.58. The Balaban J connectivity index is 2.24. The lowest BCUT2D eigenvalue weighted by Gasteiger charge is -2.26. The zero-order valence-corrected chi connectivity index (χ0v) is 12.1. The molecule has 3 N–H and O–H groups in total. The van der Waals surface area contributed by atoms with Gasteiger partial charge in [0.05, 0.1) is 11.9 Å². The predicted octanol–water partition coefficient (Wildman–Crippen LogP) is 1.51. The van der Waals surface area contributed by atoms with E-state index in [0.29, 0.717) is 11.5 Å². The van der Waals surface area contributed by atoms with Crippen molar-refractivity contribution in [2.24, 2.45) is 5.73 Å². The summed E-state index contributed by atoms with van der Waals surface area (Å²) in [5.74, 6) is -0.272. The second-order valence-electron chi connectivity index (χ2n) is 4.61. The van der Waals surface area contributed by atoms with Gasteiger partial charge >= 0.3 is 5.97 Å². The molecular weight excluding hydrogens is 280 g/mol. The van der Waals surface area contributed by atoms with Crippen molar-refractivity contribution in [1.29, 1.82) is 0 Å². The Kier molecular flexibility index (Phi) is 4.72. The fourth-order valence-electron chi connectivity index (χ4n) is 2.23. The van der Waals surface area contributed by atoms with E-state index in [2.05, 4.69) is 0 Å². The predicted molar refractivity (Wildman–Crippen MR) is 75.3 cm³/mol. The first-order chi connectivity index (χ1) is 9.58. The SMILES string of the molecule is CCCC1SCC(C(=O)O)N1C(=O)c1ccc(CN)o1. The zero-order chi connectivity index (χ0) is 14.7. The van der Waals surface area contributed by atoms with E-state index in [1.54, 1.807) is 12.1 Å². The molecule has 2 unspecified atom stereocenters. The second kappa shape index (κ2) is 6.32. The van der Waals surface area contributed by atoms with E-state index < -0.39 is 12.0 Å². The summed E-state index contributed by atoms with van der Waals surface area (Å²) >= 11 is 1.50. The van der Waals surface area contributed by atoms with Crippen molar-refractivity contribution in [2.75, 3.05) is 5.75 Å². The van der Waals surface area contributed by atoms with Crippen LogP contribution in [0.3, 0.4) is 0 Å². The Bertz CT molecular complexity index is 502. The fourth-order valence-corrected chi connectivity index (χ4v) is 3.74. The van der Waals surface area contributed by atoms with Crippen molar-refractivity contribution < 1.29 is 19.1 Å². The molecule has 0 radical (unpaired) electrons. The molecule has 0 saturated carbocycles. The normalized spacial score (nSPS) is 22.2. The van der Waals surface area contributed by atoms with E-state index in [1.165, 1.54) is 16.7 Å².